The summed E-state index contributed by atoms with van der Waals surface area (Å²) in [7, 11) is 0. The molecule has 0 aromatic heterocycles. The first-order valence-electron chi connectivity index (χ1n) is 6.80. The van der Waals surface area contributed by atoms with Gasteiger partial charge in [0.1, 0.15) is 5.75 Å². The van der Waals surface area contributed by atoms with Gasteiger partial charge in [-0.15, -0.1) is 0 Å². The SMILES string of the molecule is CC(C)CNCC(O)c1ccc(OC2CC2)cc1. The van der Waals surface area contributed by atoms with Gasteiger partial charge in [-0.25, -0.2) is 0 Å². The lowest BCUT2D eigenvalue weighted by atomic mass is 10.1. The van der Waals surface area contributed by atoms with E-state index in [1.54, 1.807) is 0 Å². The zero-order valence-electron chi connectivity index (χ0n) is 11.2. The van der Waals surface area contributed by atoms with Crippen LogP contribution in [0.15, 0.2) is 24.3 Å². The molecule has 1 aliphatic carbocycles. The van der Waals surface area contributed by atoms with Crippen molar-refractivity contribution in [3.05, 3.63) is 29.8 Å². The van der Waals surface area contributed by atoms with Crippen LogP contribution in [0.5, 0.6) is 5.75 Å². The van der Waals surface area contributed by atoms with Crippen LogP contribution in [0.4, 0.5) is 0 Å². The summed E-state index contributed by atoms with van der Waals surface area (Å²) in [5.41, 5.74) is 0.939. The van der Waals surface area contributed by atoms with Crippen LogP contribution in [0.3, 0.4) is 0 Å². The van der Waals surface area contributed by atoms with Gasteiger partial charge in [-0.2, -0.15) is 0 Å². The van der Waals surface area contributed by atoms with Crippen molar-refractivity contribution in [2.24, 2.45) is 5.92 Å². The van der Waals surface area contributed by atoms with Crippen molar-refractivity contribution >= 4 is 0 Å². The van der Waals surface area contributed by atoms with E-state index >= 15 is 0 Å². The van der Waals surface area contributed by atoms with Crippen LogP contribution in [0, 0.1) is 5.92 Å². The molecule has 1 aliphatic rings. The average Bonchev–Trinajstić information content (AvgIpc) is 3.13. The van der Waals surface area contributed by atoms with Crippen molar-refractivity contribution in [2.45, 2.75) is 38.9 Å². The molecule has 100 valence electrons. The molecule has 0 amide bonds. The molecule has 0 saturated heterocycles. The van der Waals surface area contributed by atoms with E-state index in [9.17, 15) is 5.11 Å². The minimum Gasteiger partial charge on any atom is -0.490 e. The van der Waals surface area contributed by atoms with Gasteiger partial charge in [-0.1, -0.05) is 26.0 Å². The monoisotopic (exact) mass is 249 g/mol. The summed E-state index contributed by atoms with van der Waals surface area (Å²) in [6.45, 7) is 5.84. The zero-order chi connectivity index (χ0) is 13.0. The number of aliphatic hydroxyl groups excluding tert-OH is 1. The van der Waals surface area contributed by atoms with Crippen LogP contribution < -0.4 is 10.1 Å². The normalized spacial score (nSPS) is 16.9. The van der Waals surface area contributed by atoms with E-state index in [1.165, 1.54) is 12.8 Å². The van der Waals surface area contributed by atoms with Crippen LogP contribution in [-0.2, 0) is 0 Å². The molecule has 0 aliphatic heterocycles. The first-order valence-corrected chi connectivity index (χ1v) is 6.80. The second-order valence-electron chi connectivity index (χ2n) is 5.45. The Morgan fingerprint density at radius 1 is 1.22 bits per heavy atom. The first-order chi connectivity index (χ1) is 8.65. The second kappa shape index (κ2) is 6.21. The van der Waals surface area contributed by atoms with E-state index in [1.807, 2.05) is 24.3 Å². The molecule has 0 radical (unpaired) electrons. The summed E-state index contributed by atoms with van der Waals surface area (Å²) in [6, 6.07) is 7.78. The van der Waals surface area contributed by atoms with Gasteiger partial charge in [0.15, 0.2) is 0 Å². The van der Waals surface area contributed by atoms with Crippen molar-refractivity contribution in [1.82, 2.24) is 5.32 Å². The molecule has 0 spiro atoms. The molecule has 0 bridgehead atoms. The standard InChI is InChI=1S/C15H23NO2/c1-11(2)9-16-10-15(17)12-3-5-13(6-4-12)18-14-7-8-14/h3-6,11,14-17H,7-10H2,1-2H3. The molecule has 1 aromatic carbocycles. The van der Waals surface area contributed by atoms with Crippen molar-refractivity contribution in [1.29, 1.82) is 0 Å². The maximum atomic E-state index is 10.0. The van der Waals surface area contributed by atoms with Crippen molar-refractivity contribution in [2.75, 3.05) is 13.1 Å². The number of ether oxygens (including phenoxy) is 1. The Kier molecular flexibility index (Phi) is 4.61. The number of nitrogens with one attached hydrogen (secondary N) is 1. The molecular weight excluding hydrogens is 226 g/mol. The summed E-state index contributed by atoms with van der Waals surface area (Å²) < 4.78 is 5.68. The smallest absolute Gasteiger partial charge is 0.119 e. The number of hydrogen-bond donors (Lipinski definition) is 2. The fourth-order valence-electron chi connectivity index (χ4n) is 1.77. The minimum atomic E-state index is -0.446. The van der Waals surface area contributed by atoms with E-state index in [0.29, 0.717) is 18.6 Å². The molecule has 3 nitrogen and oxygen atoms in total. The van der Waals surface area contributed by atoms with Crippen molar-refractivity contribution in [3.63, 3.8) is 0 Å². The van der Waals surface area contributed by atoms with Crippen LogP contribution in [0.1, 0.15) is 38.4 Å². The third kappa shape index (κ3) is 4.31. The zero-order valence-corrected chi connectivity index (χ0v) is 11.2. The lowest BCUT2D eigenvalue weighted by Crippen LogP contribution is -2.25. The van der Waals surface area contributed by atoms with Crippen molar-refractivity contribution < 1.29 is 9.84 Å². The van der Waals surface area contributed by atoms with E-state index in [4.69, 9.17) is 4.74 Å². The third-order valence-electron chi connectivity index (χ3n) is 2.98. The Morgan fingerprint density at radius 2 is 1.89 bits per heavy atom. The van der Waals surface area contributed by atoms with E-state index in [2.05, 4.69) is 19.2 Å². The number of hydrogen-bond acceptors (Lipinski definition) is 3. The highest BCUT2D eigenvalue weighted by atomic mass is 16.5. The maximum Gasteiger partial charge on any atom is 0.119 e. The van der Waals surface area contributed by atoms with Gasteiger partial charge in [-0.3, -0.25) is 0 Å². The molecule has 2 N–H and O–H groups in total. The van der Waals surface area contributed by atoms with Crippen molar-refractivity contribution in [3.8, 4) is 5.75 Å². The topological polar surface area (TPSA) is 41.5 Å². The Morgan fingerprint density at radius 3 is 2.44 bits per heavy atom. The predicted octanol–water partition coefficient (Wildman–Crippen LogP) is 2.51. The molecule has 3 heteroatoms. The number of rotatable bonds is 7. The Bertz CT molecular complexity index is 357. The molecule has 2 rings (SSSR count). The van der Waals surface area contributed by atoms with Crippen LogP contribution in [0.2, 0.25) is 0 Å². The summed E-state index contributed by atoms with van der Waals surface area (Å²) in [6.07, 6.45) is 2.32. The summed E-state index contributed by atoms with van der Waals surface area (Å²) in [4.78, 5) is 0. The molecular formula is C15H23NO2. The summed E-state index contributed by atoms with van der Waals surface area (Å²) in [5, 5.41) is 13.3. The maximum absolute atomic E-state index is 10.0. The highest BCUT2D eigenvalue weighted by Gasteiger charge is 2.23. The molecule has 1 aromatic rings. The quantitative estimate of drug-likeness (QED) is 0.780. The van der Waals surface area contributed by atoms with Crippen LogP contribution in [-0.4, -0.2) is 24.3 Å². The average molecular weight is 249 g/mol. The fourth-order valence-corrected chi connectivity index (χ4v) is 1.77. The van der Waals surface area contributed by atoms with E-state index in [0.717, 1.165) is 17.9 Å². The molecule has 0 heterocycles. The Balaban J connectivity index is 1.79. The third-order valence-corrected chi connectivity index (χ3v) is 2.98. The number of aliphatic hydroxyl groups is 1. The van der Waals surface area contributed by atoms with Gasteiger partial charge in [-0.05, 0) is 43.0 Å². The highest BCUT2D eigenvalue weighted by molar-refractivity contribution is 5.29. The Hall–Kier alpha value is -1.06. The van der Waals surface area contributed by atoms with Gasteiger partial charge in [0.2, 0.25) is 0 Å². The molecule has 1 unspecified atom stereocenters. The van der Waals surface area contributed by atoms with Crippen LogP contribution in [0.25, 0.3) is 0 Å². The fraction of sp³-hybridized carbons (Fsp3) is 0.600. The summed E-state index contributed by atoms with van der Waals surface area (Å²) >= 11 is 0. The largest absolute Gasteiger partial charge is 0.490 e. The lowest BCUT2D eigenvalue weighted by Gasteiger charge is -2.14. The van der Waals surface area contributed by atoms with Gasteiger partial charge in [0, 0.05) is 6.54 Å². The highest BCUT2D eigenvalue weighted by Crippen LogP contribution is 2.27. The second-order valence-corrected chi connectivity index (χ2v) is 5.45. The first kappa shape index (κ1) is 13.4. The van der Waals surface area contributed by atoms with Gasteiger partial charge in [0.25, 0.3) is 0 Å². The molecule has 1 saturated carbocycles. The molecule has 1 atom stereocenters. The summed E-state index contributed by atoms with van der Waals surface area (Å²) in [5.74, 6) is 1.51. The minimum absolute atomic E-state index is 0.425. The van der Waals surface area contributed by atoms with Gasteiger partial charge in [0.05, 0.1) is 12.2 Å². The Labute approximate surface area is 109 Å². The van der Waals surface area contributed by atoms with Gasteiger partial charge < -0.3 is 15.2 Å². The predicted molar refractivity (Wildman–Crippen MR) is 72.8 cm³/mol. The van der Waals surface area contributed by atoms with E-state index in [-0.39, 0.29) is 0 Å². The lowest BCUT2D eigenvalue weighted by molar-refractivity contribution is 0.173. The van der Waals surface area contributed by atoms with E-state index < -0.39 is 6.10 Å². The van der Waals surface area contributed by atoms with Crippen LogP contribution >= 0.6 is 0 Å². The molecule has 18 heavy (non-hydrogen) atoms. The molecule has 1 fully saturated rings. The van der Waals surface area contributed by atoms with Gasteiger partial charge >= 0.3 is 0 Å². The number of benzene rings is 1.